The Balaban J connectivity index is 1.93. The topological polar surface area (TPSA) is 119 Å². The number of carbonyl (C=O) groups is 2. The van der Waals surface area contributed by atoms with E-state index in [9.17, 15) is 14.0 Å². The Morgan fingerprint density at radius 2 is 1.88 bits per heavy atom. The van der Waals surface area contributed by atoms with Gasteiger partial charge >= 0.3 is 0 Å². The van der Waals surface area contributed by atoms with Crippen LogP contribution in [0.4, 0.5) is 27.7 Å². The molecule has 2 amide bonds. The maximum atomic E-state index is 14.5. The number of likely N-dealkylation sites (N-methyl/N-ethyl adjacent to an activating group) is 2. The van der Waals surface area contributed by atoms with Gasteiger partial charge in [-0.3, -0.25) is 9.59 Å². The normalized spacial score (nSPS) is 11.5. The Morgan fingerprint density at radius 3 is 2.55 bits per heavy atom. The number of halogens is 1. The fraction of sp³-hybridized carbons (Fsp3) is 0.500. The molecule has 0 radical (unpaired) electrons. The molecule has 1 atom stereocenters. The van der Waals surface area contributed by atoms with Crippen molar-refractivity contribution in [2.75, 3.05) is 69.9 Å². The van der Waals surface area contributed by atoms with Crippen molar-refractivity contribution < 1.29 is 14.0 Å². The van der Waals surface area contributed by atoms with Gasteiger partial charge in [-0.1, -0.05) is 24.8 Å². The van der Waals surface area contributed by atoms with Crippen LogP contribution in [0.3, 0.4) is 0 Å². The van der Waals surface area contributed by atoms with Crippen LogP contribution in [0.2, 0.25) is 0 Å². The van der Waals surface area contributed by atoms with Gasteiger partial charge in [0.25, 0.3) is 0 Å². The Hall–Kier alpha value is -4.24. The van der Waals surface area contributed by atoms with Gasteiger partial charge in [0.2, 0.25) is 17.8 Å². The van der Waals surface area contributed by atoms with Gasteiger partial charge in [0.05, 0.1) is 23.6 Å². The van der Waals surface area contributed by atoms with E-state index < -0.39 is 11.9 Å². The van der Waals surface area contributed by atoms with E-state index in [4.69, 9.17) is 0 Å². The zero-order valence-corrected chi connectivity index (χ0v) is 25.8. The van der Waals surface area contributed by atoms with Crippen LogP contribution in [0, 0.1) is 17.7 Å². The van der Waals surface area contributed by atoms with Crippen LogP contribution in [0.15, 0.2) is 30.6 Å². The number of carbonyl (C=O) groups excluding carboxylic acids is 2. The number of nitrogens with zero attached hydrogens (tertiary/aromatic N) is 6. The average Bonchev–Trinajstić information content (AvgIpc) is 2.97. The second kappa shape index (κ2) is 17.5. The lowest BCUT2D eigenvalue weighted by atomic mass is 10.2. The number of amides is 2. The highest BCUT2D eigenvalue weighted by molar-refractivity contribution is 5.92. The van der Waals surface area contributed by atoms with Crippen molar-refractivity contribution in [1.29, 1.82) is 0 Å². The van der Waals surface area contributed by atoms with Gasteiger partial charge in [0.1, 0.15) is 11.9 Å². The second-order valence-electron chi connectivity index (χ2n) is 10.0. The first-order valence-corrected chi connectivity index (χ1v) is 14.2. The van der Waals surface area contributed by atoms with E-state index in [0.717, 1.165) is 6.42 Å². The van der Waals surface area contributed by atoms with Crippen LogP contribution >= 0.6 is 0 Å². The standard InChI is InChI=1S/C30H44FN9O2/c1-8-16-32-27-23(20-35-30(37-27)36-24-19-25(31)28(34-21-24)39(6)9-2)14-11-10-12-17-33-29(42)22(3)40(7)26(41)15-13-18-38(4)5/h13,15,19-22H,8-10,12,16-18H2,1-7H3,(H,33,42)(H2,32,35,36,37)/b15-13+/t22-/m0/s1. The molecule has 0 aliphatic heterocycles. The SMILES string of the molecule is CCCNc1nc(Nc2cnc(N(C)CC)c(F)c2)ncc1C#CCCCNC(=O)[C@H](C)N(C)C(=O)/C=C/CN(C)C. The predicted octanol–water partition coefficient (Wildman–Crippen LogP) is 3.24. The lowest BCUT2D eigenvalue weighted by Gasteiger charge is -2.23. The molecule has 228 valence electrons. The van der Waals surface area contributed by atoms with E-state index in [1.54, 1.807) is 44.4 Å². The molecule has 2 aromatic rings. The minimum absolute atomic E-state index is 0.218. The highest BCUT2D eigenvalue weighted by Crippen LogP contribution is 2.21. The Bertz CT molecular complexity index is 1270. The molecule has 0 unspecified atom stereocenters. The Labute approximate surface area is 249 Å². The van der Waals surface area contributed by atoms with E-state index in [1.807, 2.05) is 32.8 Å². The van der Waals surface area contributed by atoms with E-state index in [2.05, 4.69) is 42.7 Å². The van der Waals surface area contributed by atoms with E-state index in [-0.39, 0.29) is 17.6 Å². The summed E-state index contributed by atoms with van der Waals surface area (Å²) in [4.78, 5) is 42.9. The number of unbranched alkanes of at least 4 members (excludes halogenated alkanes) is 1. The molecule has 2 rings (SSSR count). The van der Waals surface area contributed by atoms with Crippen LogP contribution in [0.1, 0.15) is 45.6 Å². The number of aromatic nitrogens is 3. The maximum Gasteiger partial charge on any atom is 0.246 e. The van der Waals surface area contributed by atoms with Gasteiger partial charge in [-0.05, 0) is 40.8 Å². The van der Waals surface area contributed by atoms with E-state index in [0.29, 0.717) is 62.0 Å². The van der Waals surface area contributed by atoms with Crippen molar-refractivity contribution in [3.05, 3.63) is 42.0 Å². The number of rotatable bonds is 15. The molecule has 2 heterocycles. The Kier molecular flexibility index (Phi) is 14.2. The molecule has 0 saturated carbocycles. The minimum Gasteiger partial charge on any atom is -0.369 e. The molecule has 0 saturated heterocycles. The van der Waals surface area contributed by atoms with Gasteiger partial charge in [-0.25, -0.2) is 14.4 Å². The fourth-order valence-corrected chi connectivity index (χ4v) is 3.51. The Morgan fingerprint density at radius 1 is 1.12 bits per heavy atom. The summed E-state index contributed by atoms with van der Waals surface area (Å²) in [5.41, 5.74) is 1.08. The molecule has 0 aliphatic carbocycles. The van der Waals surface area contributed by atoms with Crippen molar-refractivity contribution in [3.63, 3.8) is 0 Å². The molecule has 2 aromatic heterocycles. The second-order valence-corrected chi connectivity index (χ2v) is 10.0. The van der Waals surface area contributed by atoms with Crippen molar-refractivity contribution >= 4 is 35.1 Å². The molecule has 3 N–H and O–H groups in total. The summed E-state index contributed by atoms with van der Waals surface area (Å²) in [5.74, 6) is 6.49. The van der Waals surface area contributed by atoms with E-state index >= 15 is 0 Å². The molecule has 11 nitrogen and oxygen atoms in total. The maximum absolute atomic E-state index is 14.5. The number of anilines is 4. The van der Waals surface area contributed by atoms with Gasteiger partial charge in [-0.2, -0.15) is 4.98 Å². The van der Waals surface area contributed by atoms with Crippen LogP contribution in [-0.2, 0) is 9.59 Å². The van der Waals surface area contributed by atoms with Gasteiger partial charge in [0.15, 0.2) is 11.6 Å². The summed E-state index contributed by atoms with van der Waals surface area (Å²) in [6.07, 6.45) is 8.50. The summed E-state index contributed by atoms with van der Waals surface area (Å²) in [7, 11) is 7.22. The lowest BCUT2D eigenvalue weighted by Crippen LogP contribution is -2.45. The third-order valence-electron chi connectivity index (χ3n) is 6.28. The first-order valence-electron chi connectivity index (χ1n) is 14.2. The summed E-state index contributed by atoms with van der Waals surface area (Å²) in [6.45, 7) is 8.09. The molecule has 0 fully saturated rings. The zero-order valence-electron chi connectivity index (χ0n) is 25.8. The van der Waals surface area contributed by atoms with Crippen molar-refractivity contribution in [2.45, 2.75) is 46.1 Å². The highest BCUT2D eigenvalue weighted by Gasteiger charge is 2.20. The molecule has 0 bridgehead atoms. The third kappa shape index (κ3) is 11.0. The fourth-order valence-electron chi connectivity index (χ4n) is 3.51. The molecule has 0 aromatic carbocycles. The predicted molar refractivity (Wildman–Crippen MR) is 166 cm³/mol. The number of pyridine rings is 1. The first kappa shape index (κ1) is 34.0. The molecular weight excluding hydrogens is 537 g/mol. The summed E-state index contributed by atoms with van der Waals surface area (Å²) < 4.78 is 14.5. The van der Waals surface area contributed by atoms with Crippen LogP contribution < -0.4 is 20.9 Å². The van der Waals surface area contributed by atoms with Crippen molar-refractivity contribution in [2.24, 2.45) is 0 Å². The number of hydrogen-bond acceptors (Lipinski definition) is 9. The average molecular weight is 582 g/mol. The van der Waals surface area contributed by atoms with Crippen LogP contribution in [0.5, 0.6) is 0 Å². The summed E-state index contributed by atoms with van der Waals surface area (Å²) >= 11 is 0. The van der Waals surface area contributed by atoms with Gasteiger partial charge < -0.3 is 30.7 Å². The molecule has 0 aliphatic rings. The molecule has 0 spiro atoms. The molecule has 42 heavy (non-hydrogen) atoms. The van der Waals surface area contributed by atoms with Crippen LogP contribution in [-0.4, -0.2) is 97.0 Å². The van der Waals surface area contributed by atoms with E-state index in [1.165, 1.54) is 17.0 Å². The quantitative estimate of drug-likeness (QED) is 0.165. The third-order valence-corrected chi connectivity index (χ3v) is 6.28. The highest BCUT2D eigenvalue weighted by atomic mass is 19.1. The zero-order chi connectivity index (χ0) is 31.1. The number of hydrogen-bond donors (Lipinski definition) is 3. The first-order chi connectivity index (χ1) is 20.1. The number of nitrogens with one attached hydrogen (secondary N) is 3. The van der Waals surface area contributed by atoms with Gasteiger partial charge in [-0.15, -0.1) is 0 Å². The minimum atomic E-state index is -0.591. The summed E-state index contributed by atoms with van der Waals surface area (Å²) in [5, 5.41) is 9.13. The van der Waals surface area contributed by atoms with Crippen LogP contribution in [0.25, 0.3) is 0 Å². The monoisotopic (exact) mass is 581 g/mol. The molecular formula is C30H44FN9O2. The van der Waals surface area contributed by atoms with Crippen molar-refractivity contribution in [1.82, 2.24) is 30.1 Å². The molecule has 12 heteroatoms. The van der Waals surface area contributed by atoms with Crippen molar-refractivity contribution in [3.8, 4) is 11.8 Å². The van der Waals surface area contributed by atoms with Gasteiger partial charge in [0, 0.05) is 58.8 Å². The largest absolute Gasteiger partial charge is 0.369 e. The smallest absolute Gasteiger partial charge is 0.246 e. The summed E-state index contributed by atoms with van der Waals surface area (Å²) in [6, 6.07) is 0.774. The lowest BCUT2D eigenvalue weighted by molar-refractivity contribution is -0.135.